The highest BCUT2D eigenvalue weighted by atomic mass is 32.2. The summed E-state index contributed by atoms with van der Waals surface area (Å²) >= 11 is 1.28. The molecule has 0 fully saturated rings. The molecule has 88 valence electrons. The normalized spacial score (nSPS) is 10.5. The summed E-state index contributed by atoms with van der Waals surface area (Å²) in [5, 5.41) is 16.3. The second-order valence-corrected chi connectivity index (χ2v) is 4.35. The summed E-state index contributed by atoms with van der Waals surface area (Å²) in [5.74, 6) is -0.0738. The topological polar surface area (TPSA) is 106 Å². The molecule has 8 heteroatoms. The minimum Gasteiger partial charge on any atom is -0.382 e. The van der Waals surface area contributed by atoms with E-state index < -0.39 is 0 Å². The molecule has 2 aromatic rings. The van der Waals surface area contributed by atoms with Crippen LogP contribution in [0.3, 0.4) is 0 Å². The first kappa shape index (κ1) is 11.5. The van der Waals surface area contributed by atoms with Crippen LogP contribution < -0.4 is 5.73 Å². The number of nitrogens with one attached hydrogen (secondary N) is 1. The van der Waals surface area contributed by atoms with Crippen LogP contribution in [0.5, 0.6) is 0 Å². The highest BCUT2D eigenvalue weighted by Crippen LogP contribution is 2.21. The minimum absolute atomic E-state index is 0.0738. The van der Waals surface area contributed by atoms with Crippen molar-refractivity contribution in [1.29, 1.82) is 5.41 Å². The zero-order chi connectivity index (χ0) is 12.4. The fraction of sp³-hybridized carbons (Fsp3) is 0.222. The van der Waals surface area contributed by atoms with E-state index in [-0.39, 0.29) is 5.84 Å². The van der Waals surface area contributed by atoms with Crippen LogP contribution in [0.15, 0.2) is 22.7 Å². The van der Waals surface area contributed by atoms with Gasteiger partial charge in [0.25, 0.3) is 0 Å². The van der Waals surface area contributed by atoms with Crippen molar-refractivity contribution in [3.05, 3.63) is 23.8 Å². The molecule has 0 aromatic carbocycles. The highest BCUT2D eigenvalue weighted by molar-refractivity contribution is 7.99. The number of rotatable bonds is 3. The van der Waals surface area contributed by atoms with E-state index >= 15 is 0 Å². The smallest absolute Gasteiger partial charge is 0.198 e. The predicted octanol–water partition coefficient (Wildman–Crippen LogP) is 0.349. The molecule has 0 bridgehead atoms. The van der Waals surface area contributed by atoms with E-state index in [2.05, 4.69) is 20.2 Å². The van der Waals surface area contributed by atoms with Crippen LogP contribution in [0.25, 0.3) is 0 Å². The van der Waals surface area contributed by atoms with E-state index in [4.69, 9.17) is 11.1 Å². The number of nitrogens with zero attached hydrogens (tertiary/aromatic N) is 5. The molecule has 0 saturated heterocycles. The Morgan fingerprint density at radius 2 is 2.24 bits per heavy atom. The van der Waals surface area contributed by atoms with Gasteiger partial charge in [0.2, 0.25) is 0 Å². The van der Waals surface area contributed by atoms with Crippen LogP contribution in [-0.4, -0.2) is 30.6 Å². The van der Waals surface area contributed by atoms with Crippen molar-refractivity contribution in [3.8, 4) is 0 Å². The zero-order valence-corrected chi connectivity index (χ0v) is 10.2. The van der Waals surface area contributed by atoms with Gasteiger partial charge in [-0.2, -0.15) is 0 Å². The van der Waals surface area contributed by atoms with Crippen molar-refractivity contribution in [2.24, 2.45) is 12.8 Å². The lowest BCUT2D eigenvalue weighted by atomic mass is 10.3. The number of aromatic nitrogens is 5. The number of nitrogens with two attached hydrogens (primary N) is 1. The summed E-state index contributed by atoms with van der Waals surface area (Å²) in [7, 11) is 1.84. The Morgan fingerprint density at radius 3 is 2.82 bits per heavy atom. The van der Waals surface area contributed by atoms with E-state index in [0.29, 0.717) is 16.0 Å². The third-order valence-electron chi connectivity index (χ3n) is 1.96. The number of nitrogen functional groups attached to an aromatic ring is 1. The van der Waals surface area contributed by atoms with Gasteiger partial charge in [-0.3, -0.25) is 5.41 Å². The summed E-state index contributed by atoms with van der Waals surface area (Å²) < 4.78 is 1.77. The molecule has 3 N–H and O–H groups in total. The molecule has 17 heavy (non-hydrogen) atoms. The predicted molar refractivity (Wildman–Crippen MR) is 62.9 cm³/mol. The summed E-state index contributed by atoms with van der Waals surface area (Å²) in [4.78, 5) is 8.42. The number of hydrogen-bond acceptors (Lipinski definition) is 6. The lowest BCUT2D eigenvalue weighted by Gasteiger charge is -2.03. The number of hydrogen-bond donors (Lipinski definition) is 2. The second kappa shape index (κ2) is 4.50. The van der Waals surface area contributed by atoms with E-state index in [1.54, 1.807) is 17.0 Å². The first-order valence-corrected chi connectivity index (χ1v) is 5.60. The molecule has 2 rings (SSSR count). The van der Waals surface area contributed by atoms with Crippen LogP contribution in [0.4, 0.5) is 0 Å². The van der Waals surface area contributed by atoms with E-state index in [1.165, 1.54) is 11.8 Å². The molecule has 2 aromatic heterocycles. The first-order chi connectivity index (χ1) is 8.06. The van der Waals surface area contributed by atoms with Gasteiger partial charge in [0.15, 0.2) is 10.3 Å². The largest absolute Gasteiger partial charge is 0.382 e. The Hall–Kier alpha value is -1.96. The summed E-state index contributed by atoms with van der Waals surface area (Å²) in [6.45, 7) is 1.83. The van der Waals surface area contributed by atoms with E-state index in [1.807, 2.05) is 14.0 Å². The molecular weight excluding hydrogens is 238 g/mol. The Kier molecular flexibility index (Phi) is 3.05. The van der Waals surface area contributed by atoms with Crippen molar-refractivity contribution in [3.63, 3.8) is 0 Å². The molecule has 0 aliphatic rings. The molecule has 0 spiro atoms. The van der Waals surface area contributed by atoms with Crippen molar-refractivity contribution in [1.82, 2.24) is 24.7 Å². The summed E-state index contributed by atoms with van der Waals surface area (Å²) in [5.41, 5.74) is 6.58. The average molecular weight is 249 g/mol. The van der Waals surface area contributed by atoms with Gasteiger partial charge in [0, 0.05) is 12.7 Å². The van der Waals surface area contributed by atoms with Gasteiger partial charge in [-0.1, -0.05) is 0 Å². The summed E-state index contributed by atoms with van der Waals surface area (Å²) in [6.07, 6.45) is 1.60. The van der Waals surface area contributed by atoms with Gasteiger partial charge in [0.1, 0.15) is 17.9 Å². The molecule has 0 aliphatic carbocycles. The second-order valence-electron chi connectivity index (χ2n) is 3.42. The van der Waals surface area contributed by atoms with E-state index in [9.17, 15) is 0 Å². The fourth-order valence-electron chi connectivity index (χ4n) is 1.17. The number of aryl methyl sites for hydroxylation is 2. The molecule has 2 heterocycles. The lowest BCUT2D eigenvalue weighted by molar-refractivity contribution is 0.782. The monoisotopic (exact) mass is 249 g/mol. The zero-order valence-electron chi connectivity index (χ0n) is 9.38. The Morgan fingerprint density at radius 1 is 1.47 bits per heavy atom. The maximum Gasteiger partial charge on any atom is 0.198 e. The molecule has 0 aliphatic heterocycles. The number of amidine groups is 1. The third kappa shape index (κ3) is 2.59. The first-order valence-electron chi connectivity index (χ1n) is 4.78. The van der Waals surface area contributed by atoms with Crippen LogP contribution >= 0.6 is 11.8 Å². The molecule has 0 radical (unpaired) electrons. The van der Waals surface area contributed by atoms with Crippen molar-refractivity contribution in [2.45, 2.75) is 17.2 Å². The minimum atomic E-state index is -0.0738. The molecule has 0 atom stereocenters. The molecule has 7 nitrogen and oxygen atoms in total. The fourth-order valence-corrected chi connectivity index (χ4v) is 1.95. The van der Waals surface area contributed by atoms with Crippen LogP contribution in [0.2, 0.25) is 0 Å². The Labute approximate surface area is 102 Å². The van der Waals surface area contributed by atoms with Gasteiger partial charge in [0.05, 0.1) is 0 Å². The maximum absolute atomic E-state index is 7.37. The molecular formula is C9H11N7S. The lowest BCUT2D eigenvalue weighted by Crippen LogP contribution is -2.14. The van der Waals surface area contributed by atoms with Crippen LogP contribution in [0.1, 0.15) is 11.4 Å². The van der Waals surface area contributed by atoms with E-state index in [0.717, 1.165) is 5.69 Å². The van der Waals surface area contributed by atoms with Gasteiger partial charge in [-0.25, -0.2) is 9.97 Å². The SMILES string of the molecule is Cc1cc(C(=N)N)nc(Sc2nncn2C)n1. The standard InChI is InChI=1S/C9H11N7S/c1-5-3-6(7(10)11)14-8(13-5)17-9-15-12-4-16(9)2/h3-4H,1-2H3,(H3,10,11). The van der Waals surface area contributed by atoms with Gasteiger partial charge in [-0.15, -0.1) is 10.2 Å². The maximum atomic E-state index is 7.37. The molecule has 0 unspecified atom stereocenters. The highest BCUT2D eigenvalue weighted by Gasteiger charge is 2.09. The van der Waals surface area contributed by atoms with Gasteiger partial charge >= 0.3 is 0 Å². The van der Waals surface area contributed by atoms with Crippen molar-refractivity contribution < 1.29 is 0 Å². The van der Waals surface area contributed by atoms with Gasteiger partial charge in [-0.05, 0) is 24.8 Å². The third-order valence-corrected chi connectivity index (χ3v) is 2.88. The summed E-state index contributed by atoms with van der Waals surface area (Å²) in [6, 6.07) is 1.67. The Balaban J connectivity index is 2.33. The van der Waals surface area contributed by atoms with Crippen molar-refractivity contribution in [2.75, 3.05) is 0 Å². The molecule has 0 saturated carbocycles. The van der Waals surface area contributed by atoms with Crippen LogP contribution in [-0.2, 0) is 7.05 Å². The quantitative estimate of drug-likeness (QED) is 0.462. The van der Waals surface area contributed by atoms with Gasteiger partial charge < -0.3 is 10.3 Å². The Bertz CT molecular complexity index is 562. The average Bonchev–Trinajstić information content (AvgIpc) is 2.63. The van der Waals surface area contributed by atoms with Crippen LogP contribution in [0, 0.1) is 12.3 Å². The van der Waals surface area contributed by atoms with Crippen molar-refractivity contribution >= 4 is 17.6 Å². The molecule has 0 amide bonds.